The van der Waals surface area contributed by atoms with Gasteiger partial charge in [-0.25, -0.2) is 9.59 Å². The summed E-state index contributed by atoms with van der Waals surface area (Å²) in [6.07, 6.45) is 2.11. The molecular weight excluding hydrogens is 338 g/mol. The van der Waals surface area contributed by atoms with E-state index in [1.807, 2.05) is 13.8 Å². The number of alkyl carbamates (subject to hydrolysis) is 1. The molecule has 1 N–H and O–H groups in total. The van der Waals surface area contributed by atoms with Crippen molar-refractivity contribution in [2.24, 2.45) is 0 Å². The van der Waals surface area contributed by atoms with E-state index in [1.165, 1.54) is 0 Å². The molecule has 0 aromatic rings. The van der Waals surface area contributed by atoms with Gasteiger partial charge in [0.05, 0.1) is 12.6 Å². The number of carbonyl (C=O) groups excluding carboxylic acids is 2. The Kier molecular flexibility index (Phi) is 6.34. The molecule has 7 heteroatoms. The third-order valence-electron chi connectivity index (χ3n) is 4.54. The van der Waals surface area contributed by atoms with Crippen LogP contribution in [0.1, 0.15) is 60.8 Å². The Labute approximate surface area is 155 Å². The van der Waals surface area contributed by atoms with Gasteiger partial charge in [0.15, 0.2) is 5.79 Å². The number of esters is 1. The van der Waals surface area contributed by atoms with Gasteiger partial charge in [-0.1, -0.05) is 13.8 Å². The third kappa shape index (κ3) is 4.76. The maximum absolute atomic E-state index is 12.3. The van der Waals surface area contributed by atoms with E-state index in [0.717, 1.165) is 0 Å². The zero-order valence-corrected chi connectivity index (χ0v) is 16.6. The number of hydrogen-bond acceptors (Lipinski definition) is 6. The molecule has 26 heavy (non-hydrogen) atoms. The van der Waals surface area contributed by atoms with Crippen LogP contribution in [0.3, 0.4) is 0 Å². The number of ether oxygens (including phenoxy) is 4. The standard InChI is InChI=1S/C19H31NO6/c1-7-19(8-2)24-14-11-12(16(21)23-9-3)10-13(15(14)25-19)20-17(22)26-18(4,5)6/h11,13-15H,7-10H2,1-6H3,(H,20,22)/t13-,14+,15-/m1/s1. The lowest BCUT2D eigenvalue weighted by molar-refractivity contribution is -0.177. The zero-order valence-electron chi connectivity index (χ0n) is 16.6. The highest BCUT2D eigenvalue weighted by molar-refractivity contribution is 5.89. The van der Waals surface area contributed by atoms with Crippen LogP contribution in [0.2, 0.25) is 0 Å². The van der Waals surface area contributed by atoms with Gasteiger partial charge >= 0.3 is 12.1 Å². The summed E-state index contributed by atoms with van der Waals surface area (Å²) in [4.78, 5) is 24.5. The van der Waals surface area contributed by atoms with Gasteiger partial charge in [-0.15, -0.1) is 0 Å². The van der Waals surface area contributed by atoms with E-state index in [0.29, 0.717) is 31.4 Å². The zero-order chi connectivity index (χ0) is 19.5. The van der Waals surface area contributed by atoms with E-state index in [2.05, 4.69) is 5.32 Å². The summed E-state index contributed by atoms with van der Waals surface area (Å²) in [6.45, 7) is 11.4. The molecule has 0 aromatic heterocycles. The van der Waals surface area contributed by atoms with Crippen molar-refractivity contribution in [2.75, 3.05) is 6.61 Å². The van der Waals surface area contributed by atoms with Crippen LogP contribution in [0, 0.1) is 0 Å². The summed E-state index contributed by atoms with van der Waals surface area (Å²) in [5.41, 5.74) is -0.123. The Hall–Kier alpha value is -1.60. The van der Waals surface area contributed by atoms with Gasteiger partial charge in [-0.05, 0) is 46.6 Å². The quantitative estimate of drug-likeness (QED) is 0.750. The topological polar surface area (TPSA) is 83.1 Å². The van der Waals surface area contributed by atoms with Crippen molar-refractivity contribution in [2.45, 2.75) is 90.4 Å². The number of fused-ring (bicyclic) bond motifs is 1. The van der Waals surface area contributed by atoms with Gasteiger partial charge in [-0.2, -0.15) is 0 Å². The monoisotopic (exact) mass is 369 g/mol. The van der Waals surface area contributed by atoms with E-state index in [9.17, 15) is 9.59 Å². The van der Waals surface area contributed by atoms with Gasteiger partial charge in [0, 0.05) is 12.0 Å². The van der Waals surface area contributed by atoms with Gasteiger partial charge < -0.3 is 24.3 Å². The number of carbonyl (C=O) groups is 2. The number of amides is 1. The molecule has 0 radical (unpaired) electrons. The largest absolute Gasteiger partial charge is 0.463 e. The first-order chi connectivity index (χ1) is 12.1. The van der Waals surface area contributed by atoms with Crippen LogP contribution in [0.5, 0.6) is 0 Å². The molecule has 3 atom stereocenters. The minimum absolute atomic E-state index is 0.291. The second-order valence-corrected chi connectivity index (χ2v) is 7.65. The molecule has 2 aliphatic rings. The molecular formula is C19H31NO6. The van der Waals surface area contributed by atoms with Crippen LogP contribution in [-0.2, 0) is 23.7 Å². The first-order valence-corrected chi connectivity index (χ1v) is 9.36. The minimum Gasteiger partial charge on any atom is -0.463 e. The first-order valence-electron chi connectivity index (χ1n) is 9.36. The van der Waals surface area contributed by atoms with Crippen LogP contribution >= 0.6 is 0 Å². The van der Waals surface area contributed by atoms with E-state index < -0.39 is 35.6 Å². The average molecular weight is 369 g/mol. The number of hydrogen-bond donors (Lipinski definition) is 1. The molecule has 7 nitrogen and oxygen atoms in total. The summed E-state index contributed by atoms with van der Waals surface area (Å²) < 4.78 is 22.8. The van der Waals surface area contributed by atoms with E-state index in [1.54, 1.807) is 33.8 Å². The highest BCUT2D eigenvalue weighted by atomic mass is 16.8. The molecule has 0 saturated carbocycles. The average Bonchev–Trinajstić information content (AvgIpc) is 2.93. The van der Waals surface area contributed by atoms with Gasteiger partial charge in [0.1, 0.15) is 17.8 Å². The summed E-state index contributed by atoms with van der Waals surface area (Å²) in [5.74, 6) is -1.10. The fourth-order valence-electron chi connectivity index (χ4n) is 3.27. The fraction of sp³-hybridized carbons (Fsp3) is 0.789. The molecule has 1 heterocycles. The second kappa shape index (κ2) is 7.96. The van der Waals surface area contributed by atoms with Crippen LogP contribution in [0.15, 0.2) is 11.6 Å². The number of nitrogens with one attached hydrogen (secondary N) is 1. The first kappa shape index (κ1) is 20.7. The third-order valence-corrected chi connectivity index (χ3v) is 4.54. The Morgan fingerprint density at radius 1 is 1.23 bits per heavy atom. The smallest absolute Gasteiger partial charge is 0.407 e. The lowest BCUT2D eigenvalue weighted by atomic mass is 9.90. The minimum atomic E-state index is -0.705. The summed E-state index contributed by atoms with van der Waals surface area (Å²) in [6, 6.07) is -0.431. The van der Waals surface area contributed by atoms with Crippen LogP contribution in [0.4, 0.5) is 4.79 Å². The molecule has 2 rings (SSSR count). The lowest BCUT2D eigenvalue weighted by Crippen LogP contribution is -2.51. The lowest BCUT2D eigenvalue weighted by Gasteiger charge is -2.32. The molecule has 0 bridgehead atoms. The van der Waals surface area contributed by atoms with Crippen LogP contribution in [-0.4, -0.2) is 48.3 Å². The molecule has 0 spiro atoms. The molecule has 1 aliphatic carbocycles. The van der Waals surface area contributed by atoms with Crippen LogP contribution < -0.4 is 5.32 Å². The molecule has 0 aromatic carbocycles. The summed E-state index contributed by atoms with van der Waals surface area (Å²) in [7, 11) is 0. The van der Waals surface area contributed by atoms with E-state index in [4.69, 9.17) is 18.9 Å². The fourth-order valence-corrected chi connectivity index (χ4v) is 3.27. The molecule has 1 fully saturated rings. The normalized spacial score (nSPS) is 27.3. The maximum Gasteiger partial charge on any atom is 0.407 e. The molecule has 1 amide bonds. The highest BCUT2D eigenvalue weighted by Gasteiger charge is 2.50. The Bertz CT molecular complexity index is 561. The molecule has 148 valence electrons. The van der Waals surface area contributed by atoms with Crippen molar-refractivity contribution >= 4 is 12.1 Å². The van der Waals surface area contributed by atoms with Crippen molar-refractivity contribution in [3.63, 3.8) is 0 Å². The van der Waals surface area contributed by atoms with Crippen molar-refractivity contribution < 1.29 is 28.5 Å². The Morgan fingerprint density at radius 2 is 1.88 bits per heavy atom. The summed E-state index contributed by atoms with van der Waals surface area (Å²) >= 11 is 0. The Balaban J connectivity index is 2.22. The van der Waals surface area contributed by atoms with Crippen molar-refractivity contribution in [1.82, 2.24) is 5.32 Å². The van der Waals surface area contributed by atoms with Crippen molar-refractivity contribution in [3.8, 4) is 0 Å². The van der Waals surface area contributed by atoms with Crippen molar-refractivity contribution in [1.29, 1.82) is 0 Å². The maximum atomic E-state index is 12.3. The highest BCUT2D eigenvalue weighted by Crippen LogP contribution is 2.40. The van der Waals surface area contributed by atoms with Crippen molar-refractivity contribution in [3.05, 3.63) is 11.6 Å². The second-order valence-electron chi connectivity index (χ2n) is 7.65. The number of rotatable bonds is 5. The predicted molar refractivity (Wildman–Crippen MR) is 95.5 cm³/mol. The van der Waals surface area contributed by atoms with E-state index >= 15 is 0 Å². The summed E-state index contributed by atoms with van der Waals surface area (Å²) in [5, 5.41) is 2.84. The molecule has 0 unspecified atom stereocenters. The van der Waals surface area contributed by atoms with Gasteiger partial charge in [0.2, 0.25) is 0 Å². The molecule has 1 saturated heterocycles. The van der Waals surface area contributed by atoms with Crippen LogP contribution in [0.25, 0.3) is 0 Å². The van der Waals surface area contributed by atoms with E-state index in [-0.39, 0.29) is 6.10 Å². The van der Waals surface area contributed by atoms with Gasteiger partial charge in [-0.3, -0.25) is 0 Å². The van der Waals surface area contributed by atoms with Gasteiger partial charge in [0.25, 0.3) is 0 Å². The SMILES string of the molecule is CCOC(=O)C1=C[C@@H]2OC(CC)(CC)O[C@@H]2[C@H](NC(=O)OC(C)(C)C)C1. The predicted octanol–water partition coefficient (Wildman–Crippen LogP) is 3.07. The molecule has 1 aliphatic heterocycles. The Morgan fingerprint density at radius 3 is 2.42 bits per heavy atom.